The maximum Gasteiger partial charge on any atom is 0.347 e. The fourth-order valence-corrected chi connectivity index (χ4v) is 2.04. The van der Waals surface area contributed by atoms with Gasteiger partial charge in [0.05, 0.1) is 17.9 Å². The Morgan fingerprint density at radius 1 is 1.28 bits per heavy atom. The minimum atomic E-state index is -0.801. The lowest BCUT2D eigenvalue weighted by molar-refractivity contribution is -0.152. The topological polar surface area (TPSA) is 98.5 Å². The Morgan fingerprint density at radius 3 is 2.76 bits per heavy atom. The van der Waals surface area contributed by atoms with Crippen molar-refractivity contribution in [1.29, 1.82) is 5.26 Å². The number of carbonyl (C=O) groups is 1. The molecule has 3 aromatic rings. The lowest BCUT2D eigenvalue weighted by Crippen LogP contribution is -2.26. The molecule has 0 spiro atoms. The summed E-state index contributed by atoms with van der Waals surface area (Å²) in [6, 6.07) is 13.6. The van der Waals surface area contributed by atoms with Gasteiger partial charge in [-0.3, -0.25) is 0 Å². The zero-order chi connectivity index (χ0) is 17.6. The highest BCUT2D eigenvalue weighted by Crippen LogP contribution is 2.21. The Hall–Kier alpha value is -3.53. The van der Waals surface area contributed by atoms with Crippen LogP contribution in [0.2, 0.25) is 0 Å². The standard InChI is InChI=1S/C18H14N2O5/c1-12(24-15-6-4-13(10-19)5-7-15)18(21)23-11-14-9-17(25-20-14)16-3-2-8-22-16/h2-9,12H,11H2,1H3/t12-/m0/s1. The first-order valence-corrected chi connectivity index (χ1v) is 7.48. The average molecular weight is 338 g/mol. The van der Waals surface area contributed by atoms with Crippen LogP contribution in [0.3, 0.4) is 0 Å². The molecular weight excluding hydrogens is 324 g/mol. The summed E-state index contributed by atoms with van der Waals surface area (Å²) in [4.78, 5) is 12.0. The van der Waals surface area contributed by atoms with Gasteiger partial charge in [0.1, 0.15) is 18.1 Å². The van der Waals surface area contributed by atoms with Crippen molar-refractivity contribution in [1.82, 2.24) is 5.16 Å². The number of carbonyl (C=O) groups excluding carboxylic acids is 1. The summed E-state index contributed by atoms with van der Waals surface area (Å²) in [5, 5.41) is 12.6. The normalized spacial score (nSPS) is 11.5. The number of benzene rings is 1. The highest BCUT2D eigenvalue weighted by atomic mass is 16.6. The minimum Gasteiger partial charge on any atom is -0.479 e. The van der Waals surface area contributed by atoms with Crippen molar-refractivity contribution in [2.24, 2.45) is 0 Å². The van der Waals surface area contributed by atoms with E-state index >= 15 is 0 Å². The van der Waals surface area contributed by atoms with Crippen molar-refractivity contribution in [3.8, 4) is 23.3 Å². The van der Waals surface area contributed by atoms with Crippen LogP contribution < -0.4 is 4.74 Å². The van der Waals surface area contributed by atoms with E-state index < -0.39 is 12.1 Å². The van der Waals surface area contributed by atoms with Crippen LogP contribution in [-0.4, -0.2) is 17.2 Å². The van der Waals surface area contributed by atoms with E-state index in [1.54, 1.807) is 49.4 Å². The molecule has 25 heavy (non-hydrogen) atoms. The fraction of sp³-hybridized carbons (Fsp3) is 0.167. The third-order valence-electron chi connectivity index (χ3n) is 3.31. The van der Waals surface area contributed by atoms with Crippen LogP contribution in [0, 0.1) is 11.3 Å². The summed E-state index contributed by atoms with van der Waals surface area (Å²) in [5.74, 6) is 0.942. The number of nitrogens with zero attached hydrogens (tertiary/aromatic N) is 2. The minimum absolute atomic E-state index is 0.0376. The lowest BCUT2D eigenvalue weighted by atomic mass is 10.2. The quantitative estimate of drug-likeness (QED) is 0.636. The van der Waals surface area contributed by atoms with Gasteiger partial charge in [-0.2, -0.15) is 5.26 Å². The zero-order valence-electron chi connectivity index (χ0n) is 13.3. The monoisotopic (exact) mass is 338 g/mol. The van der Waals surface area contributed by atoms with Crippen molar-refractivity contribution in [3.63, 3.8) is 0 Å². The molecule has 0 saturated heterocycles. The third kappa shape index (κ3) is 4.06. The first-order chi connectivity index (χ1) is 12.2. The predicted molar refractivity (Wildman–Crippen MR) is 85.2 cm³/mol. The van der Waals surface area contributed by atoms with E-state index in [9.17, 15) is 4.79 Å². The summed E-state index contributed by atoms with van der Waals surface area (Å²) in [7, 11) is 0. The molecule has 7 nitrogen and oxygen atoms in total. The molecule has 2 heterocycles. The molecule has 0 aliphatic carbocycles. The van der Waals surface area contributed by atoms with E-state index in [1.807, 2.05) is 6.07 Å². The number of rotatable bonds is 6. The Bertz CT molecular complexity index is 875. The second-order valence-corrected chi connectivity index (χ2v) is 5.16. The van der Waals surface area contributed by atoms with E-state index in [1.165, 1.54) is 6.26 Å². The summed E-state index contributed by atoms with van der Waals surface area (Å²) in [5.41, 5.74) is 0.978. The molecule has 0 amide bonds. The van der Waals surface area contributed by atoms with Gasteiger partial charge in [0.25, 0.3) is 0 Å². The van der Waals surface area contributed by atoms with Crippen molar-refractivity contribution >= 4 is 5.97 Å². The van der Waals surface area contributed by atoms with Gasteiger partial charge < -0.3 is 18.4 Å². The molecule has 2 aromatic heterocycles. The molecular formula is C18H14N2O5. The molecule has 0 unspecified atom stereocenters. The Morgan fingerprint density at radius 2 is 2.08 bits per heavy atom. The highest BCUT2D eigenvalue weighted by molar-refractivity contribution is 5.74. The Kier molecular flexibility index (Phi) is 4.81. The largest absolute Gasteiger partial charge is 0.479 e. The number of aromatic nitrogens is 1. The number of hydrogen-bond acceptors (Lipinski definition) is 7. The Balaban J connectivity index is 1.52. The third-order valence-corrected chi connectivity index (χ3v) is 3.31. The second-order valence-electron chi connectivity index (χ2n) is 5.16. The van der Waals surface area contributed by atoms with Crippen molar-refractivity contribution in [2.75, 3.05) is 0 Å². The zero-order valence-corrected chi connectivity index (χ0v) is 13.3. The number of furan rings is 1. The van der Waals surface area contributed by atoms with Crippen LogP contribution in [-0.2, 0) is 16.1 Å². The van der Waals surface area contributed by atoms with Crippen molar-refractivity contribution < 1.29 is 23.2 Å². The fourth-order valence-electron chi connectivity index (χ4n) is 2.04. The number of esters is 1. The number of nitriles is 1. The molecule has 0 aliphatic heterocycles. The number of hydrogen-bond donors (Lipinski definition) is 0. The van der Waals surface area contributed by atoms with Gasteiger partial charge >= 0.3 is 5.97 Å². The van der Waals surface area contributed by atoms with Gasteiger partial charge in [0.15, 0.2) is 11.9 Å². The summed E-state index contributed by atoms with van der Waals surface area (Å²) in [6.45, 7) is 1.54. The van der Waals surface area contributed by atoms with Crippen LogP contribution in [0.15, 0.2) is 57.7 Å². The van der Waals surface area contributed by atoms with Gasteiger partial charge in [0.2, 0.25) is 5.76 Å². The molecule has 7 heteroatoms. The summed E-state index contributed by atoms with van der Waals surface area (Å²) < 4.78 is 21.0. The van der Waals surface area contributed by atoms with Crippen LogP contribution in [0.5, 0.6) is 5.75 Å². The maximum absolute atomic E-state index is 12.0. The Labute approximate surface area is 143 Å². The molecule has 0 bridgehead atoms. The van der Waals surface area contributed by atoms with E-state index in [4.69, 9.17) is 23.7 Å². The lowest BCUT2D eigenvalue weighted by Gasteiger charge is -2.13. The summed E-state index contributed by atoms with van der Waals surface area (Å²) >= 11 is 0. The molecule has 1 atom stereocenters. The number of ether oxygens (including phenoxy) is 2. The first kappa shape index (κ1) is 16.3. The summed E-state index contributed by atoms with van der Waals surface area (Å²) in [6.07, 6.45) is 0.726. The molecule has 0 saturated carbocycles. The van der Waals surface area contributed by atoms with Crippen LogP contribution >= 0.6 is 0 Å². The van der Waals surface area contributed by atoms with Gasteiger partial charge in [-0.15, -0.1) is 0 Å². The molecule has 0 N–H and O–H groups in total. The molecule has 1 aromatic carbocycles. The molecule has 0 radical (unpaired) electrons. The van der Waals surface area contributed by atoms with Crippen molar-refractivity contribution in [2.45, 2.75) is 19.6 Å². The van der Waals surface area contributed by atoms with E-state index in [2.05, 4.69) is 5.16 Å². The van der Waals surface area contributed by atoms with Crippen LogP contribution in [0.1, 0.15) is 18.2 Å². The van der Waals surface area contributed by atoms with Gasteiger partial charge in [0, 0.05) is 6.07 Å². The molecule has 0 fully saturated rings. The molecule has 126 valence electrons. The highest BCUT2D eigenvalue weighted by Gasteiger charge is 2.18. The van der Waals surface area contributed by atoms with Crippen LogP contribution in [0.25, 0.3) is 11.5 Å². The van der Waals surface area contributed by atoms with Gasteiger partial charge in [-0.05, 0) is 43.3 Å². The van der Waals surface area contributed by atoms with Gasteiger partial charge in [-0.25, -0.2) is 4.79 Å². The van der Waals surface area contributed by atoms with Gasteiger partial charge in [-0.1, -0.05) is 5.16 Å². The second kappa shape index (κ2) is 7.36. The first-order valence-electron chi connectivity index (χ1n) is 7.48. The average Bonchev–Trinajstić information content (AvgIpc) is 3.31. The van der Waals surface area contributed by atoms with E-state index in [-0.39, 0.29) is 6.61 Å². The van der Waals surface area contributed by atoms with Crippen LogP contribution in [0.4, 0.5) is 0 Å². The smallest absolute Gasteiger partial charge is 0.347 e. The van der Waals surface area contributed by atoms with E-state index in [0.717, 1.165) is 0 Å². The molecule has 3 rings (SSSR count). The van der Waals surface area contributed by atoms with Crippen molar-refractivity contribution in [3.05, 3.63) is 60.0 Å². The predicted octanol–water partition coefficient (Wildman–Crippen LogP) is 3.32. The molecule has 0 aliphatic rings. The maximum atomic E-state index is 12.0. The van der Waals surface area contributed by atoms with E-state index in [0.29, 0.717) is 28.5 Å². The SMILES string of the molecule is C[C@H](Oc1ccc(C#N)cc1)C(=O)OCc1cc(-c2ccco2)on1.